The van der Waals surface area contributed by atoms with Gasteiger partial charge in [0, 0.05) is 18.7 Å². The van der Waals surface area contributed by atoms with E-state index in [2.05, 4.69) is 10.6 Å². The molecule has 1 aromatic carbocycles. The number of thiophene rings is 1. The third-order valence-corrected chi connectivity index (χ3v) is 3.64. The number of carbonyl (C=O) groups is 2. The summed E-state index contributed by atoms with van der Waals surface area (Å²) >= 11 is 1.32. The predicted octanol–water partition coefficient (Wildman–Crippen LogP) is 1.02. The Labute approximate surface area is 129 Å². The predicted molar refractivity (Wildman–Crippen MR) is 80.4 cm³/mol. The summed E-state index contributed by atoms with van der Waals surface area (Å²) in [7, 11) is 0. The third-order valence-electron chi connectivity index (χ3n) is 2.77. The largest absolute Gasteiger partial charge is 0.504 e. The number of carbonyl (C=O) groups excluding carboxylic acids is 2. The molecule has 7 nitrogen and oxygen atoms in total. The quantitative estimate of drug-likeness (QED) is 0.416. The maximum absolute atomic E-state index is 11.8. The second kappa shape index (κ2) is 6.81. The number of hydrogen-bond acceptors (Lipinski definition) is 6. The van der Waals surface area contributed by atoms with Crippen molar-refractivity contribution < 1.29 is 24.9 Å². The molecule has 2 rings (SSSR count). The molecule has 0 bridgehead atoms. The van der Waals surface area contributed by atoms with Crippen LogP contribution in [0.1, 0.15) is 20.0 Å². The van der Waals surface area contributed by atoms with Crippen molar-refractivity contribution in [2.24, 2.45) is 0 Å². The molecule has 2 aromatic rings. The molecule has 8 heteroatoms. The van der Waals surface area contributed by atoms with E-state index in [0.29, 0.717) is 4.88 Å². The van der Waals surface area contributed by atoms with Gasteiger partial charge in [-0.1, -0.05) is 6.07 Å². The summed E-state index contributed by atoms with van der Waals surface area (Å²) < 4.78 is 0. The van der Waals surface area contributed by atoms with Gasteiger partial charge in [-0.15, -0.1) is 11.3 Å². The van der Waals surface area contributed by atoms with Crippen LogP contribution in [0.5, 0.6) is 17.2 Å². The molecule has 5 N–H and O–H groups in total. The number of amides is 2. The van der Waals surface area contributed by atoms with Gasteiger partial charge in [-0.25, -0.2) is 0 Å². The van der Waals surface area contributed by atoms with Gasteiger partial charge in [0.2, 0.25) is 0 Å². The maximum atomic E-state index is 11.8. The first-order valence-electron chi connectivity index (χ1n) is 6.34. The van der Waals surface area contributed by atoms with E-state index < -0.39 is 23.2 Å². The SMILES string of the molecule is O=C(NCCNC(=O)c1cccs1)c1cc(O)c(O)c(O)c1. The average Bonchev–Trinajstić information content (AvgIpc) is 3.02. The highest BCUT2D eigenvalue weighted by Gasteiger charge is 2.13. The maximum Gasteiger partial charge on any atom is 0.261 e. The van der Waals surface area contributed by atoms with Crippen LogP contribution < -0.4 is 10.6 Å². The van der Waals surface area contributed by atoms with Crippen LogP contribution in [0.3, 0.4) is 0 Å². The zero-order valence-electron chi connectivity index (χ0n) is 11.4. The van der Waals surface area contributed by atoms with Gasteiger partial charge in [-0.05, 0) is 23.6 Å². The summed E-state index contributed by atoms with van der Waals surface area (Å²) in [6.07, 6.45) is 0. The molecule has 0 spiro atoms. The molecule has 22 heavy (non-hydrogen) atoms. The van der Waals surface area contributed by atoms with Crippen molar-refractivity contribution in [2.45, 2.75) is 0 Å². The molecule has 0 saturated carbocycles. The van der Waals surface area contributed by atoms with E-state index in [0.717, 1.165) is 12.1 Å². The van der Waals surface area contributed by atoms with Crippen molar-refractivity contribution in [2.75, 3.05) is 13.1 Å². The van der Waals surface area contributed by atoms with Crippen molar-refractivity contribution in [1.29, 1.82) is 0 Å². The smallest absolute Gasteiger partial charge is 0.261 e. The van der Waals surface area contributed by atoms with E-state index in [1.165, 1.54) is 11.3 Å². The summed E-state index contributed by atoms with van der Waals surface area (Å²) in [6, 6.07) is 5.54. The van der Waals surface area contributed by atoms with Crippen LogP contribution in [0.2, 0.25) is 0 Å². The van der Waals surface area contributed by atoms with Crippen molar-refractivity contribution in [3.8, 4) is 17.2 Å². The van der Waals surface area contributed by atoms with E-state index in [9.17, 15) is 24.9 Å². The van der Waals surface area contributed by atoms with Crippen molar-refractivity contribution in [3.63, 3.8) is 0 Å². The van der Waals surface area contributed by atoms with Gasteiger partial charge in [0.1, 0.15) is 0 Å². The van der Waals surface area contributed by atoms with Crippen LogP contribution in [0, 0.1) is 0 Å². The molecule has 0 radical (unpaired) electrons. The van der Waals surface area contributed by atoms with Crippen LogP contribution in [0.25, 0.3) is 0 Å². The molecular formula is C14H14N2O5S. The van der Waals surface area contributed by atoms with Crippen LogP contribution >= 0.6 is 11.3 Å². The van der Waals surface area contributed by atoms with E-state index in [1.807, 2.05) is 0 Å². The summed E-state index contributed by atoms with van der Waals surface area (Å²) in [5.41, 5.74) is -0.00242. The molecule has 0 saturated heterocycles. The lowest BCUT2D eigenvalue weighted by Gasteiger charge is -2.08. The molecule has 0 aliphatic heterocycles. The first-order valence-corrected chi connectivity index (χ1v) is 7.22. The number of phenols is 3. The molecular weight excluding hydrogens is 308 g/mol. The summed E-state index contributed by atoms with van der Waals surface area (Å²) in [4.78, 5) is 24.0. The fourth-order valence-electron chi connectivity index (χ4n) is 1.68. The van der Waals surface area contributed by atoms with Crippen molar-refractivity contribution >= 4 is 23.2 Å². The average molecular weight is 322 g/mol. The normalized spacial score (nSPS) is 10.2. The van der Waals surface area contributed by atoms with Gasteiger partial charge < -0.3 is 26.0 Å². The lowest BCUT2D eigenvalue weighted by Crippen LogP contribution is -2.34. The molecule has 0 atom stereocenters. The minimum atomic E-state index is -0.681. The Balaban J connectivity index is 1.82. The standard InChI is InChI=1S/C14H14N2O5S/c17-9-6-8(7-10(18)12(9)19)13(20)15-3-4-16-14(21)11-2-1-5-22-11/h1-2,5-7,17-19H,3-4H2,(H,15,20)(H,16,21). The third kappa shape index (κ3) is 3.67. The van der Waals surface area contributed by atoms with Gasteiger partial charge >= 0.3 is 0 Å². The molecule has 0 aliphatic rings. The Morgan fingerprint density at radius 2 is 1.59 bits per heavy atom. The van der Waals surface area contributed by atoms with Crippen LogP contribution in [0.15, 0.2) is 29.6 Å². The topological polar surface area (TPSA) is 119 Å². The molecule has 1 heterocycles. The van der Waals surface area contributed by atoms with Gasteiger partial charge in [0.25, 0.3) is 11.8 Å². The fourth-order valence-corrected chi connectivity index (χ4v) is 2.32. The molecule has 1 aromatic heterocycles. The van der Waals surface area contributed by atoms with Gasteiger partial charge in [0.15, 0.2) is 17.2 Å². The first kappa shape index (κ1) is 15.6. The number of rotatable bonds is 5. The minimum absolute atomic E-state index is 0.00242. The van der Waals surface area contributed by atoms with Gasteiger partial charge in [-0.2, -0.15) is 0 Å². The van der Waals surface area contributed by atoms with Crippen molar-refractivity contribution in [3.05, 3.63) is 40.1 Å². The number of nitrogens with one attached hydrogen (secondary N) is 2. The number of benzene rings is 1. The lowest BCUT2D eigenvalue weighted by molar-refractivity contribution is 0.0929. The zero-order chi connectivity index (χ0) is 16.1. The lowest BCUT2D eigenvalue weighted by atomic mass is 10.1. The van der Waals surface area contributed by atoms with Crippen LogP contribution in [-0.4, -0.2) is 40.2 Å². The van der Waals surface area contributed by atoms with Crippen LogP contribution in [0.4, 0.5) is 0 Å². The Bertz CT molecular complexity index is 662. The monoisotopic (exact) mass is 322 g/mol. The van der Waals surface area contributed by atoms with E-state index in [1.54, 1.807) is 17.5 Å². The molecule has 2 amide bonds. The fraction of sp³-hybridized carbons (Fsp3) is 0.143. The second-order valence-electron chi connectivity index (χ2n) is 4.35. The highest BCUT2D eigenvalue weighted by Crippen LogP contribution is 2.35. The van der Waals surface area contributed by atoms with E-state index in [-0.39, 0.29) is 24.6 Å². The second-order valence-corrected chi connectivity index (χ2v) is 5.30. The Morgan fingerprint density at radius 1 is 1.00 bits per heavy atom. The Kier molecular flexibility index (Phi) is 4.84. The number of hydrogen-bond donors (Lipinski definition) is 5. The minimum Gasteiger partial charge on any atom is -0.504 e. The van der Waals surface area contributed by atoms with E-state index >= 15 is 0 Å². The highest BCUT2D eigenvalue weighted by atomic mass is 32.1. The first-order chi connectivity index (χ1) is 10.5. The summed E-state index contributed by atoms with van der Waals surface area (Å²) in [5, 5.41) is 34.8. The number of aromatic hydroxyl groups is 3. The number of phenolic OH excluding ortho intramolecular Hbond substituents is 3. The Hall–Kier alpha value is -2.74. The zero-order valence-corrected chi connectivity index (χ0v) is 12.2. The van der Waals surface area contributed by atoms with Gasteiger partial charge in [-0.3, -0.25) is 9.59 Å². The molecule has 0 fully saturated rings. The van der Waals surface area contributed by atoms with Gasteiger partial charge in [0.05, 0.1) is 4.88 Å². The molecule has 116 valence electrons. The van der Waals surface area contributed by atoms with E-state index in [4.69, 9.17) is 0 Å². The summed E-state index contributed by atoms with van der Waals surface area (Å²) in [5.74, 6) is -2.62. The molecule has 0 unspecified atom stereocenters. The Morgan fingerprint density at radius 3 is 2.14 bits per heavy atom. The molecule has 0 aliphatic carbocycles. The highest BCUT2D eigenvalue weighted by molar-refractivity contribution is 7.12. The van der Waals surface area contributed by atoms with Crippen molar-refractivity contribution in [1.82, 2.24) is 10.6 Å². The summed E-state index contributed by atoms with van der Waals surface area (Å²) in [6.45, 7) is 0.414. The van der Waals surface area contributed by atoms with Crippen LogP contribution in [-0.2, 0) is 0 Å².